The Kier molecular flexibility index (Phi) is 7.22. The van der Waals surface area contributed by atoms with Gasteiger partial charge in [-0.1, -0.05) is 29.8 Å². The number of aromatic nitrogens is 7. The highest BCUT2D eigenvalue weighted by atomic mass is 79.9. The fraction of sp³-hybridized carbons (Fsp3) is 0.333. The van der Waals surface area contributed by atoms with E-state index in [4.69, 9.17) is 10.1 Å². The van der Waals surface area contributed by atoms with E-state index in [9.17, 15) is 22.8 Å². The molecule has 10 nitrogen and oxygen atoms in total. The summed E-state index contributed by atoms with van der Waals surface area (Å²) in [4.78, 5) is 34.2. The summed E-state index contributed by atoms with van der Waals surface area (Å²) in [5, 5.41) is 13.1. The molecule has 5 aromatic rings. The van der Waals surface area contributed by atoms with Crippen molar-refractivity contribution in [1.82, 2.24) is 38.8 Å². The number of benzene rings is 1. The highest BCUT2D eigenvalue weighted by molar-refractivity contribution is 9.10. The van der Waals surface area contributed by atoms with Gasteiger partial charge in [0.25, 0.3) is 11.5 Å². The van der Waals surface area contributed by atoms with Crippen molar-refractivity contribution in [3.8, 4) is 11.6 Å². The molecule has 1 unspecified atom stereocenters. The molecule has 0 saturated heterocycles. The zero-order valence-electron chi connectivity index (χ0n) is 24.5. The van der Waals surface area contributed by atoms with Gasteiger partial charge in [0.1, 0.15) is 5.82 Å². The molecule has 0 radical (unpaired) electrons. The van der Waals surface area contributed by atoms with Gasteiger partial charge >= 0.3 is 6.18 Å². The van der Waals surface area contributed by atoms with Crippen molar-refractivity contribution in [3.05, 3.63) is 97.0 Å². The predicted molar refractivity (Wildman–Crippen MR) is 159 cm³/mol. The summed E-state index contributed by atoms with van der Waals surface area (Å²) in [6.07, 6.45) is -2.69. The Morgan fingerprint density at radius 1 is 1.09 bits per heavy atom. The second-order valence-electron chi connectivity index (χ2n) is 11.3. The van der Waals surface area contributed by atoms with Crippen molar-refractivity contribution in [2.45, 2.75) is 65.7 Å². The fourth-order valence-electron chi connectivity index (χ4n) is 5.46. The van der Waals surface area contributed by atoms with Crippen molar-refractivity contribution in [2.24, 2.45) is 0 Å². The molecule has 1 atom stereocenters. The molecule has 0 fully saturated rings. The summed E-state index contributed by atoms with van der Waals surface area (Å²) in [5.41, 5.74) is 2.04. The average Bonchev–Trinajstić information content (AvgIpc) is 3.54. The summed E-state index contributed by atoms with van der Waals surface area (Å²) >= 11 is 2.93. The van der Waals surface area contributed by atoms with Gasteiger partial charge in [0.15, 0.2) is 5.65 Å². The summed E-state index contributed by atoms with van der Waals surface area (Å²) in [6.45, 7) is 9.42. The van der Waals surface area contributed by atoms with Gasteiger partial charge < -0.3 is 4.90 Å². The lowest BCUT2D eigenvalue weighted by atomic mass is 9.98. The third kappa shape index (κ3) is 5.00. The summed E-state index contributed by atoms with van der Waals surface area (Å²) in [7, 11) is 0. The van der Waals surface area contributed by atoms with E-state index in [1.165, 1.54) is 21.6 Å². The largest absolute Gasteiger partial charge is 0.417 e. The van der Waals surface area contributed by atoms with Crippen molar-refractivity contribution in [1.29, 1.82) is 0 Å². The lowest BCUT2D eigenvalue weighted by Gasteiger charge is -2.34. The number of hydrogen-bond donors (Lipinski definition) is 0. The number of halogens is 4. The Labute approximate surface area is 258 Å². The number of hydrogen-bond acceptors (Lipinski definition) is 6. The molecule has 0 N–H and O–H groups in total. The summed E-state index contributed by atoms with van der Waals surface area (Å²) < 4.78 is 45.5. The maximum Gasteiger partial charge on any atom is 0.417 e. The number of fused-ring (bicyclic) bond motifs is 2. The first kappa shape index (κ1) is 29.7. The van der Waals surface area contributed by atoms with Gasteiger partial charge in [-0.25, -0.2) is 14.2 Å². The number of pyridine rings is 1. The van der Waals surface area contributed by atoms with Crippen LogP contribution in [0.25, 0.3) is 17.3 Å². The first-order valence-corrected chi connectivity index (χ1v) is 14.7. The molecule has 0 saturated carbocycles. The molecule has 1 aromatic carbocycles. The van der Waals surface area contributed by atoms with Crippen LogP contribution in [-0.4, -0.2) is 50.8 Å². The lowest BCUT2D eigenvalue weighted by Crippen LogP contribution is -2.46. The highest BCUT2D eigenvalue weighted by Crippen LogP contribution is 2.36. The molecule has 228 valence electrons. The Balaban J connectivity index is 1.50. The SMILES string of the molecule is Cc1cc(C(C)C)nn1-c1nc2c(c(=O)n1-c1ccn3c(C)nnc3c1)CC(C)N(C(=O)c1ccc(Br)c(C(F)(F)F)c1)C2. The van der Waals surface area contributed by atoms with Crippen LogP contribution >= 0.6 is 15.9 Å². The van der Waals surface area contributed by atoms with E-state index in [0.717, 1.165) is 17.5 Å². The molecular formula is C30H28BrF3N8O2. The maximum atomic E-state index is 14.3. The molecule has 0 spiro atoms. The van der Waals surface area contributed by atoms with E-state index in [-0.39, 0.29) is 40.4 Å². The number of carbonyl (C=O) groups excluding carboxylic acids is 1. The third-order valence-electron chi connectivity index (χ3n) is 7.89. The molecule has 0 aliphatic carbocycles. The van der Waals surface area contributed by atoms with Crippen molar-refractivity contribution in [2.75, 3.05) is 0 Å². The molecule has 1 amide bonds. The minimum atomic E-state index is -4.64. The minimum Gasteiger partial charge on any atom is -0.330 e. The van der Waals surface area contributed by atoms with Crippen LogP contribution in [0.3, 0.4) is 0 Å². The van der Waals surface area contributed by atoms with Crippen LogP contribution in [0.5, 0.6) is 0 Å². The Morgan fingerprint density at radius 2 is 1.84 bits per heavy atom. The number of nitrogens with zero attached hydrogens (tertiary/aromatic N) is 8. The number of aryl methyl sites for hydroxylation is 2. The van der Waals surface area contributed by atoms with Crippen LogP contribution in [0.15, 0.2) is 51.9 Å². The van der Waals surface area contributed by atoms with Crippen LogP contribution in [-0.2, 0) is 19.1 Å². The van der Waals surface area contributed by atoms with Crippen LogP contribution in [0.4, 0.5) is 13.2 Å². The highest BCUT2D eigenvalue weighted by Gasteiger charge is 2.36. The molecule has 6 rings (SSSR count). The van der Waals surface area contributed by atoms with Gasteiger partial charge in [-0.15, -0.1) is 10.2 Å². The van der Waals surface area contributed by atoms with Crippen LogP contribution in [0.2, 0.25) is 0 Å². The van der Waals surface area contributed by atoms with Gasteiger partial charge in [-0.2, -0.15) is 18.3 Å². The van der Waals surface area contributed by atoms with E-state index in [1.807, 2.05) is 33.8 Å². The van der Waals surface area contributed by atoms with E-state index < -0.39 is 23.7 Å². The zero-order valence-corrected chi connectivity index (χ0v) is 26.1. The van der Waals surface area contributed by atoms with E-state index >= 15 is 0 Å². The summed E-state index contributed by atoms with van der Waals surface area (Å²) in [6, 6.07) is 8.37. The van der Waals surface area contributed by atoms with Crippen molar-refractivity contribution >= 4 is 27.5 Å². The second kappa shape index (κ2) is 10.7. The maximum absolute atomic E-state index is 14.3. The predicted octanol–water partition coefficient (Wildman–Crippen LogP) is 5.57. The van der Waals surface area contributed by atoms with Crippen LogP contribution in [0.1, 0.15) is 71.1 Å². The molecule has 44 heavy (non-hydrogen) atoms. The van der Waals surface area contributed by atoms with Crippen molar-refractivity contribution < 1.29 is 18.0 Å². The summed E-state index contributed by atoms with van der Waals surface area (Å²) in [5.74, 6) is 0.450. The number of carbonyl (C=O) groups is 1. The van der Waals surface area contributed by atoms with Crippen molar-refractivity contribution in [3.63, 3.8) is 0 Å². The van der Waals surface area contributed by atoms with Gasteiger partial charge in [0, 0.05) is 39.6 Å². The van der Waals surface area contributed by atoms with Gasteiger partial charge in [-0.3, -0.25) is 14.0 Å². The zero-order chi connectivity index (χ0) is 31.7. The van der Waals surface area contributed by atoms with Gasteiger partial charge in [0.2, 0.25) is 5.95 Å². The minimum absolute atomic E-state index is 0.0599. The monoisotopic (exact) mass is 668 g/mol. The molecule has 1 aliphatic rings. The molecule has 14 heteroatoms. The van der Waals surface area contributed by atoms with Crippen LogP contribution in [0, 0.1) is 13.8 Å². The Bertz CT molecular complexity index is 2010. The topological polar surface area (TPSA) is 103 Å². The number of alkyl halides is 3. The molecule has 0 bridgehead atoms. The Hall–Kier alpha value is -4.33. The number of rotatable bonds is 4. The fourth-order valence-corrected chi connectivity index (χ4v) is 5.93. The first-order valence-electron chi connectivity index (χ1n) is 14.0. The first-order chi connectivity index (χ1) is 20.7. The standard InChI is InChI=1S/C30H28BrF3N8O2/c1-15(2)24-11-17(4)42(38-24)29-35-25-14-40(27(43)19-6-7-23(31)22(12-19)30(32,33)34)16(3)10-21(25)28(44)41(29)20-8-9-39-18(5)36-37-26(39)13-20/h6-9,11-13,15-16H,10,14H2,1-5H3. The van der Waals surface area contributed by atoms with E-state index in [1.54, 1.807) is 34.3 Å². The quantitative estimate of drug-likeness (QED) is 0.248. The second-order valence-corrected chi connectivity index (χ2v) is 12.1. The van der Waals surface area contributed by atoms with E-state index in [2.05, 4.69) is 26.1 Å². The molecule has 4 aromatic heterocycles. The number of amides is 1. The molecule has 5 heterocycles. The van der Waals surface area contributed by atoms with Crippen LogP contribution < -0.4 is 5.56 Å². The molecule has 1 aliphatic heterocycles. The smallest absolute Gasteiger partial charge is 0.330 e. The molecular weight excluding hydrogens is 641 g/mol. The normalized spacial score (nSPS) is 15.3. The lowest BCUT2D eigenvalue weighted by molar-refractivity contribution is -0.138. The average molecular weight is 670 g/mol. The van der Waals surface area contributed by atoms with E-state index in [0.29, 0.717) is 28.4 Å². The Morgan fingerprint density at radius 3 is 2.52 bits per heavy atom. The third-order valence-corrected chi connectivity index (χ3v) is 8.58. The van der Waals surface area contributed by atoms with Gasteiger partial charge in [-0.05, 0) is 63.4 Å². The van der Waals surface area contributed by atoms with Gasteiger partial charge in [0.05, 0.1) is 29.2 Å².